The number of rotatable bonds is 5. The summed E-state index contributed by atoms with van der Waals surface area (Å²) in [6, 6.07) is 11.3. The molecule has 0 radical (unpaired) electrons. The molecule has 1 N–H and O–H groups in total. The Hall–Kier alpha value is -0.820. The van der Waals surface area contributed by atoms with Crippen LogP contribution in [-0.2, 0) is 6.42 Å². The second kappa shape index (κ2) is 5.32. The van der Waals surface area contributed by atoms with Crippen LogP contribution in [-0.4, -0.2) is 13.1 Å². The Morgan fingerprint density at radius 1 is 1.20 bits per heavy atom. The molecule has 0 aromatic heterocycles. The summed E-state index contributed by atoms with van der Waals surface area (Å²) in [5.41, 5.74) is 1.80. The second-order valence-corrected chi connectivity index (χ2v) is 5.22. The first-order chi connectivity index (χ1) is 7.03. The molecule has 0 aliphatic carbocycles. The van der Waals surface area contributed by atoms with Crippen molar-refractivity contribution in [3.05, 3.63) is 35.9 Å². The molecule has 0 aliphatic rings. The minimum atomic E-state index is 0.365. The average molecular weight is 205 g/mol. The minimum absolute atomic E-state index is 0.365. The standard InChI is InChI=1S/C14H23N/c1-12(15-4)10-14(2,3)11-13-8-6-5-7-9-13/h5-9,12,15H,10-11H2,1-4H3. The van der Waals surface area contributed by atoms with Gasteiger partial charge in [-0.25, -0.2) is 0 Å². The van der Waals surface area contributed by atoms with Gasteiger partial charge >= 0.3 is 0 Å². The Balaban J connectivity index is 2.56. The lowest BCUT2D eigenvalue weighted by Gasteiger charge is -2.28. The summed E-state index contributed by atoms with van der Waals surface area (Å²) in [6.45, 7) is 6.93. The van der Waals surface area contributed by atoms with Gasteiger partial charge in [-0.2, -0.15) is 0 Å². The maximum absolute atomic E-state index is 3.31. The number of nitrogens with one attached hydrogen (secondary N) is 1. The quantitative estimate of drug-likeness (QED) is 0.778. The lowest BCUT2D eigenvalue weighted by molar-refractivity contribution is 0.293. The maximum atomic E-state index is 3.31. The molecule has 1 atom stereocenters. The van der Waals surface area contributed by atoms with Crippen LogP contribution in [0.5, 0.6) is 0 Å². The fourth-order valence-electron chi connectivity index (χ4n) is 2.15. The third-order valence-electron chi connectivity index (χ3n) is 2.88. The first-order valence-corrected chi connectivity index (χ1v) is 5.75. The maximum Gasteiger partial charge on any atom is 0.00409 e. The first kappa shape index (κ1) is 12.3. The van der Waals surface area contributed by atoms with Gasteiger partial charge in [0.25, 0.3) is 0 Å². The van der Waals surface area contributed by atoms with Crippen molar-refractivity contribution in [2.24, 2.45) is 5.41 Å². The van der Waals surface area contributed by atoms with E-state index in [4.69, 9.17) is 0 Å². The topological polar surface area (TPSA) is 12.0 Å². The van der Waals surface area contributed by atoms with E-state index in [1.807, 2.05) is 7.05 Å². The van der Waals surface area contributed by atoms with E-state index < -0.39 is 0 Å². The van der Waals surface area contributed by atoms with Crippen molar-refractivity contribution >= 4 is 0 Å². The van der Waals surface area contributed by atoms with E-state index in [0.29, 0.717) is 11.5 Å². The van der Waals surface area contributed by atoms with Gasteiger partial charge in [0.2, 0.25) is 0 Å². The molecule has 1 aromatic carbocycles. The van der Waals surface area contributed by atoms with Crippen LogP contribution >= 0.6 is 0 Å². The fraction of sp³-hybridized carbons (Fsp3) is 0.571. The van der Waals surface area contributed by atoms with E-state index in [1.54, 1.807) is 0 Å². The summed E-state index contributed by atoms with van der Waals surface area (Å²) in [5.74, 6) is 0. The van der Waals surface area contributed by atoms with Gasteiger partial charge in [-0.3, -0.25) is 0 Å². The molecule has 1 heteroatoms. The molecule has 1 nitrogen and oxygen atoms in total. The molecule has 84 valence electrons. The van der Waals surface area contributed by atoms with E-state index >= 15 is 0 Å². The molecule has 0 spiro atoms. The van der Waals surface area contributed by atoms with E-state index in [1.165, 1.54) is 12.0 Å². The van der Waals surface area contributed by atoms with Crippen LogP contribution < -0.4 is 5.32 Å². The summed E-state index contributed by atoms with van der Waals surface area (Å²) in [5, 5.41) is 3.31. The zero-order valence-electron chi connectivity index (χ0n) is 10.4. The van der Waals surface area contributed by atoms with Gasteiger partial charge in [0.15, 0.2) is 0 Å². The monoisotopic (exact) mass is 205 g/mol. The predicted molar refractivity (Wildman–Crippen MR) is 67.1 cm³/mol. The highest BCUT2D eigenvalue weighted by Crippen LogP contribution is 2.27. The summed E-state index contributed by atoms with van der Waals surface area (Å²) in [7, 11) is 2.03. The molecule has 0 amide bonds. The van der Waals surface area contributed by atoms with Gasteiger partial charge < -0.3 is 5.32 Å². The molecule has 0 heterocycles. The van der Waals surface area contributed by atoms with Crippen molar-refractivity contribution in [1.82, 2.24) is 5.32 Å². The molecule has 15 heavy (non-hydrogen) atoms. The normalized spacial score (nSPS) is 13.9. The van der Waals surface area contributed by atoms with E-state index in [9.17, 15) is 0 Å². The molecule has 1 aromatic rings. The molecule has 1 rings (SSSR count). The minimum Gasteiger partial charge on any atom is -0.317 e. The number of hydrogen-bond donors (Lipinski definition) is 1. The third-order valence-corrected chi connectivity index (χ3v) is 2.88. The zero-order valence-corrected chi connectivity index (χ0v) is 10.4. The third kappa shape index (κ3) is 4.48. The average Bonchev–Trinajstić information content (AvgIpc) is 2.17. The van der Waals surface area contributed by atoms with Gasteiger partial charge in [0.1, 0.15) is 0 Å². The van der Waals surface area contributed by atoms with E-state index in [-0.39, 0.29) is 0 Å². The van der Waals surface area contributed by atoms with Gasteiger partial charge in [0, 0.05) is 6.04 Å². The summed E-state index contributed by atoms with van der Waals surface area (Å²) in [6.07, 6.45) is 2.36. The second-order valence-electron chi connectivity index (χ2n) is 5.22. The van der Waals surface area contributed by atoms with Crippen molar-refractivity contribution in [2.75, 3.05) is 7.05 Å². The fourth-order valence-corrected chi connectivity index (χ4v) is 2.15. The largest absolute Gasteiger partial charge is 0.317 e. The van der Waals surface area contributed by atoms with Crippen LogP contribution in [0, 0.1) is 5.41 Å². The van der Waals surface area contributed by atoms with Crippen molar-refractivity contribution in [1.29, 1.82) is 0 Å². The van der Waals surface area contributed by atoms with Gasteiger partial charge in [0.05, 0.1) is 0 Å². The van der Waals surface area contributed by atoms with Crippen LogP contribution in [0.1, 0.15) is 32.8 Å². The number of hydrogen-bond acceptors (Lipinski definition) is 1. The van der Waals surface area contributed by atoms with Gasteiger partial charge in [-0.15, -0.1) is 0 Å². The van der Waals surface area contributed by atoms with E-state index in [0.717, 1.165) is 6.42 Å². The van der Waals surface area contributed by atoms with Crippen molar-refractivity contribution in [2.45, 2.75) is 39.7 Å². The smallest absolute Gasteiger partial charge is 0.00409 e. The van der Waals surface area contributed by atoms with Crippen LogP contribution in [0.3, 0.4) is 0 Å². The molecular weight excluding hydrogens is 182 g/mol. The Morgan fingerprint density at radius 2 is 1.80 bits per heavy atom. The predicted octanol–water partition coefficient (Wildman–Crippen LogP) is 3.25. The SMILES string of the molecule is CNC(C)CC(C)(C)Cc1ccccc1. The molecule has 0 saturated heterocycles. The van der Waals surface area contributed by atoms with Crippen LogP contribution in [0.15, 0.2) is 30.3 Å². The lowest BCUT2D eigenvalue weighted by Crippen LogP contribution is -2.29. The van der Waals surface area contributed by atoms with Crippen LogP contribution in [0.4, 0.5) is 0 Å². The molecule has 0 fully saturated rings. The summed E-state index contributed by atoms with van der Waals surface area (Å²) >= 11 is 0. The highest BCUT2D eigenvalue weighted by atomic mass is 14.9. The van der Waals surface area contributed by atoms with Crippen molar-refractivity contribution < 1.29 is 0 Å². The molecule has 1 unspecified atom stereocenters. The van der Waals surface area contributed by atoms with Crippen LogP contribution in [0.25, 0.3) is 0 Å². The van der Waals surface area contributed by atoms with Gasteiger partial charge in [-0.05, 0) is 37.8 Å². The lowest BCUT2D eigenvalue weighted by atomic mass is 9.80. The van der Waals surface area contributed by atoms with Crippen LogP contribution in [0.2, 0.25) is 0 Å². The number of benzene rings is 1. The Morgan fingerprint density at radius 3 is 2.33 bits per heavy atom. The Kier molecular flexibility index (Phi) is 4.34. The molecule has 0 aliphatic heterocycles. The van der Waals surface area contributed by atoms with Gasteiger partial charge in [-0.1, -0.05) is 44.2 Å². The first-order valence-electron chi connectivity index (χ1n) is 5.75. The van der Waals surface area contributed by atoms with E-state index in [2.05, 4.69) is 56.4 Å². The zero-order chi connectivity index (χ0) is 11.3. The summed E-state index contributed by atoms with van der Waals surface area (Å²) in [4.78, 5) is 0. The summed E-state index contributed by atoms with van der Waals surface area (Å²) < 4.78 is 0. The molecule has 0 saturated carbocycles. The Labute approximate surface area is 93.9 Å². The highest BCUT2D eigenvalue weighted by molar-refractivity contribution is 5.16. The molecular formula is C14H23N. The highest BCUT2D eigenvalue weighted by Gasteiger charge is 2.20. The Bertz CT molecular complexity index is 277. The van der Waals surface area contributed by atoms with Crippen molar-refractivity contribution in [3.8, 4) is 0 Å². The molecule has 0 bridgehead atoms. The van der Waals surface area contributed by atoms with Crippen molar-refractivity contribution in [3.63, 3.8) is 0 Å².